The summed E-state index contributed by atoms with van der Waals surface area (Å²) >= 11 is 1.80. The maximum Gasteiger partial charge on any atom is 0.0722 e. The van der Waals surface area contributed by atoms with Gasteiger partial charge < -0.3 is 5.32 Å². The summed E-state index contributed by atoms with van der Waals surface area (Å²) in [6.45, 7) is 2.21. The van der Waals surface area contributed by atoms with Gasteiger partial charge in [0.1, 0.15) is 0 Å². The van der Waals surface area contributed by atoms with Gasteiger partial charge in [0.2, 0.25) is 0 Å². The summed E-state index contributed by atoms with van der Waals surface area (Å²) in [6.07, 6.45) is 2.93. The van der Waals surface area contributed by atoms with Crippen LogP contribution in [0.5, 0.6) is 0 Å². The lowest BCUT2D eigenvalue weighted by molar-refractivity contribution is 0.765. The van der Waals surface area contributed by atoms with Crippen molar-refractivity contribution < 1.29 is 0 Å². The Morgan fingerprint density at radius 3 is 2.84 bits per heavy atom. The molecule has 0 aliphatic rings. The summed E-state index contributed by atoms with van der Waals surface area (Å²) in [6, 6.07) is 15.0. The van der Waals surface area contributed by atoms with Crippen molar-refractivity contribution in [1.82, 2.24) is 4.98 Å². The standard InChI is InChI=1S/C16H16N2S/c1-2-13(16-8-5-11-19-16)18-15-9-10-17-14-7-4-3-6-12(14)15/h3-11,13H,2H2,1H3,(H,17,18). The molecule has 2 aromatic heterocycles. The number of benzene rings is 1. The molecule has 0 fully saturated rings. The highest BCUT2D eigenvalue weighted by atomic mass is 32.1. The molecule has 0 bridgehead atoms. The van der Waals surface area contributed by atoms with Crippen LogP contribution in [0.1, 0.15) is 24.3 Å². The smallest absolute Gasteiger partial charge is 0.0722 e. The minimum Gasteiger partial charge on any atom is -0.377 e. The summed E-state index contributed by atoms with van der Waals surface area (Å²) in [5.74, 6) is 0. The molecule has 0 amide bonds. The van der Waals surface area contributed by atoms with E-state index in [0.29, 0.717) is 6.04 Å². The number of hydrogen-bond acceptors (Lipinski definition) is 3. The Kier molecular flexibility index (Phi) is 3.47. The molecule has 1 aromatic carbocycles. The summed E-state index contributed by atoms with van der Waals surface area (Å²) in [5, 5.41) is 6.95. The Labute approximate surface area is 117 Å². The Morgan fingerprint density at radius 2 is 2.05 bits per heavy atom. The Morgan fingerprint density at radius 1 is 1.16 bits per heavy atom. The predicted octanol–water partition coefficient (Wildman–Crippen LogP) is 4.86. The number of para-hydroxylation sites is 1. The third-order valence-electron chi connectivity index (χ3n) is 3.27. The minimum absolute atomic E-state index is 0.366. The lowest BCUT2D eigenvalue weighted by atomic mass is 10.1. The molecule has 1 N–H and O–H groups in total. The molecule has 0 radical (unpaired) electrons. The maximum atomic E-state index is 4.40. The van der Waals surface area contributed by atoms with Crippen LogP contribution in [0.3, 0.4) is 0 Å². The van der Waals surface area contributed by atoms with E-state index in [1.807, 2.05) is 18.3 Å². The molecule has 0 aliphatic heterocycles. The fourth-order valence-electron chi connectivity index (χ4n) is 2.27. The molecule has 19 heavy (non-hydrogen) atoms. The van der Waals surface area contributed by atoms with E-state index in [4.69, 9.17) is 0 Å². The summed E-state index contributed by atoms with van der Waals surface area (Å²) in [7, 11) is 0. The van der Waals surface area contributed by atoms with E-state index in [1.165, 1.54) is 10.3 Å². The average Bonchev–Trinajstić information content (AvgIpc) is 2.99. The molecule has 1 unspecified atom stereocenters. The van der Waals surface area contributed by atoms with Crippen LogP contribution in [0, 0.1) is 0 Å². The van der Waals surface area contributed by atoms with E-state index in [2.05, 4.69) is 52.9 Å². The van der Waals surface area contributed by atoms with Crippen LogP contribution in [-0.4, -0.2) is 4.98 Å². The van der Waals surface area contributed by atoms with Gasteiger partial charge in [-0.05, 0) is 30.0 Å². The molecule has 0 aliphatic carbocycles. The fourth-order valence-corrected chi connectivity index (χ4v) is 3.13. The number of anilines is 1. The quantitative estimate of drug-likeness (QED) is 0.731. The van der Waals surface area contributed by atoms with Crippen molar-refractivity contribution in [2.45, 2.75) is 19.4 Å². The molecule has 3 aromatic rings. The van der Waals surface area contributed by atoms with Crippen molar-refractivity contribution in [3.63, 3.8) is 0 Å². The second-order valence-corrected chi connectivity index (χ2v) is 5.48. The second kappa shape index (κ2) is 5.41. The first kappa shape index (κ1) is 12.2. The average molecular weight is 268 g/mol. The number of hydrogen-bond donors (Lipinski definition) is 1. The van der Waals surface area contributed by atoms with Crippen molar-refractivity contribution in [3.8, 4) is 0 Å². The fraction of sp³-hybridized carbons (Fsp3) is 0.188. The lowest BCUT2D eigenvalue weighted by Gasteiger charge is -2.18. The van der Waals surface area contributed by atoms with Gasteiger partial charge in [-0.3, -0.25) is 4.98 Å². The molecule has 2 heterocycles. The lowest BCUT2D eigenvalue weighted by Crippen LogP contribution is -2.08. The van der Waals surface area contributed by atoms with Crippen LogP contribution < -0.4 is 5.32 Å². The largest absolute Gasteiger partial charge is 0.377 e. The van der Waals surface area contributed by atoms with Crippen LogP contribution in [0.4, 0.5) is 5.69 Å². The molecule has 0 saturated heterocycles. The van der Waals surface area contributed by atoms with Crippen molar-refractivity contribution in [3.05, 3.63) is 58.9 Å². The number of rotatable bonds is 4. The zero-order valence-electron chi connectivity index (χ0n) is 10.8. The number of nitrogens with zero attached hydrogens (tertiary/aromatic N) is 1. The van der Waals surface area contributed by atoms with Gasteiger partial charge in [0, 0.05) is 22.1 Å². The van der Waals surface area contributed by atoms with E-state index in [9.17, 15) is 0 Å². The van der Waals surface area contributed by atoms with Crippen molar-refractivity contribution in [2.75, 3.05) is 5.32 Å². The number of nitrogens with one attached hydrogen (secondary N) is 1. The summed E-state index contributed by atoms with van der Waals surface area (Å²) < 4.78 is 0. The first-order valence-corrected chi connectivity index (χ1v) is 7.40. The Bertz CT molecular complexity index is 656. The number of aromatic nitrogens is 1. The van der Waals surface area contributed by atoms with Gasteiger partial charge in [0.25, 0.3) is 0 Å². The Balaban J connectivity index is 1.96. The van der Waals surface area contributed by atoms with Crippen LogP contribution in [0.25, 0.3) is 10.9 Å². The number of pyridine rings is 1. The molecule has 0 spiro atoms. The topological polar surface area (TPSA) is 24.9 Å². The van der Waals surface area contributed by atoms with Crippen LogP contribution in [0.15, 0.2) is 54.0 Å². The minimum atomic E-state index is 0.366. The molecule has 1 atom stereocenters. The SMILES string of the molecule is CCC(Nc1ccnc2ccccc12)c1cccs1. The monoisotopic (exact) mass is 268 g/mol. The van der Waals surface area contributed by atoms with E-state index in [1.54, 1.807) is 11.3 Å². The summed E-state index contributed by atoms with van der Waals surface area (Å²) in [4.78, 5) is 5.78. The molecule has 2 nitrogen and oxygen atoms in total. The normalized spacial score (nSPS) is 12.5. The molecule has 96 valence electrons. The van der Waals surface area contributed by atoms with Crippen LogP contribution >= 0.6 is 11.3 Å². The van der Waals surface area contributed by atoms with Gasteiger partial charge in [0.15, 0.2) is 0 Å². The van der Waals surface area contributed by atoms with E-state index < -0.39 is 0 Å². The highest BCUT2D eigenvalue weighted by Crippen LogP contribution is 2.29. The Hall–Kier alpha value is -1.87. The number of fused-ring (bicyclic) bond motifs is 1. The molecule has 3 rings (SSSR count). The maximum absolute atomic E-state index is 4.40. The zero-order chi connectivity index (χ0) is 13.1. The predicted molar refractivity (Wildman–Crippen MR) is 82.7 cm³/mol. The van der Waals surface area contributed by atoms with Crippen molar-refractivity contribution in [1.29, 1.82) is 0 Å². The highest BCUT2D eigenvalue weighted by Gasteiger charge is 2.11. The third-order valence-corrected chi connectivity index (χ3v) is 4.26. The zero-order valence-corrected chi connectivity index (χ0v) is 11.7. The summed E-state index contributed by atoms with van der Waals surface area (Å²) in [5.41, 5.74) is 2.19. The van der Waals surface area contributed by atoms with E-state index in [-0.39, 0.29) is 0 Å². The van der Waals surface area contributed by atoms with Crippen LogP contribution in [-0.2, 0) is 0 Å². The second-order valence-electron chi connectivity index (χ2n) is 4.50. The third kappa shape index (κ3) is 2.47. The van der Waals surface area contributed by atoms with Crippen molar-refractivity contribution in [2.24, 2.45) is 0 Å². The number of thiophene rings is 1. The first-order valence-electron chi connectivity index (χ1n) is 6.52. The molecular formula is C16H16N2S. The van der Waals surface area contributed by atoms with Gasteiger partial charge in [-0.1, -0.05) is 31.2 Å². The van der Waals surface area contributed by atoms with E-state index in [0.717, 1.165) is 17.6 Å². The van der Waals surface area contributed by atoms with Gasteiger partial charge in [-0.2, -0.15) is 0 Å². The van der Waals surface area contributed by atoms with Gasteiger partial charge in [0.05, 0.1) is 11.6 Å². The van der Waals surface area contributed by atoms with E-state index >= 15 is 0 Å². The molecule has 3 heteroatoms. The van der Waals surface area contributed by atoms with Gasteiger partial charge in [-0.15, -0.1) is 11.3 Å². The molecular weight excluding hydrogens is 252 g/mol. The first-order chi connectivity index (χ1) is 9.38. The highest BCUT2D eigenvalue weighted by molar-refractivity contribution is 7.10. The van der Waals surface area contributed by atoms with Crippen molar-refractivity contribution >= 4 is 27.9 Å². The van der Waals surface area contributed by atoms with Gasteiger partial charge >= 0.3 is 0 Å². The molecule has 0 saturated carbocycles. The van der Waals surface area contributed by atoms with Gasteiger partial charge in [-0.25, -0.2) is 0 Å². The van der Waals surface area contributed by atoms with Crippen LogP contribution in [0.2, 0.25) is 0 Å².